The summed E-state index contributed by atoms with van der Waals surface area (Å²) in [7, 11) is 1.43. The summed E-state index contributed by atoms with van der Waals surface area (Å²) in [5, 5.41) is 40.1. The van der Waals surface area contributed by atoms with E-state index in [-0.39, 0.29) is 33.9 Å². The van der Waals surface area contributed by atoms with Gasteiger partial charge in [0.2, 0.25) is 6.29 Å². The molecule has 10 heteroatoms. The Morgan fingerprint density at radius 1 is 0.850 bits per heavy atom. The molecule has 1 saturated heterocycles. The first kappa shape index (κ1) is 28.8. The van der Waals surface area contributed by atoms with Gasteiger partial charge in [-0.05, 0) is 28.5 Å². The van der Waals surface area contributed by atoms with Crippen LogP contribution in [0.1, 0.15) is 64.9 Å². The molecule has 0 spiro atoms. The molecule has 0 bridgehead atoms. The van der Waals surface area contributed by atoms with Crippen molar-refractivity contribution in [3.63, 3.8) is 0 Å². The van der Waals surface area contributed by atoms with Gasteiger partial charge in [0.15, 0.2) is 23.1 Å². The van der Waals surface area contributed by atoms with E-state index < -0.39 is 43.2 Å². The van der Waals surface area contributed by atoms with Crippen molar-refractivity contribution in [2.45, 2.75) is 90.0 Å². The van der Waals surface area contributed by atoms with E-state index in [1.54, 1.807) is 18.2 Å². The van der Waals surface area contributed by atoms with Gasteiger partial charge < -0.3 is 39.4 Å². The van der Waals surface area contributed by atoms with E-state index in [0.29, 0.717) is 53.9 Å². The van der Waals surface area contributed by atoms with Gasteiger partial charge in [-0.3, -0.25) is 9.59 Å². The van der Waals surface area contributed by atoms with E-state index in [9.17, 15) is 30.0 Å². The molecule has 10 nitrogen and oxygen atoms in total. The summed E-state index contributed by atoms with van der Waals surface area (Å²) >= 11 is 0. The van der Waals surface area contributed by atoms with E-state index in [2.05, 4.69) is 0 Å². The first-order valence-electron chi connectivity index (χ1n) is 13.6. The molecule has 5 rings (SSSR count). The zero-order valence-corrected chi connectivity index (χ0v) is 23.5. The zero-order valence-electron chi connectivity index (χ0n) is 23.5. The highest BCUT2D eigenvalue weighted by Gasteiger charge is 2.48. The molecule has 40 heavy (non-hydrogen) atoms. The number of Topliss-reactive ketones (excluding diaryl/α,β-unsaturated/α-hetero) is 2. The fraction of sp³-hybridized carbons (Fsp3) is 0.600. The topological polar surface area (TPSA) is 152 Å². The number of aliphatic hydroxyl groups is 4. The van der Waals surface area contributed by atoms with Gasteiger partial charge in [-0.2, -0.15) is 0 Å². The summed E-state index contributed by atoms with van der Waals surface area (Å²) in [5.41, 5.74) is 1.11. The second kappa shape index (κ2) is 10.3. The Balaban J connectivity index is 1.55. The van der Waals surface area contributed by atoms with Gasteiger partial charge in [-0.15, -0.1) is 0 Å². The number of carbonyl (C=O) groups excluding carboxylic acids is 2. The second-order valence-electron chi connectivity index (χ2n) is 12.8. The molecular weight excluding hydrogens is 520 g/mol. The molecule has 2 unspecified atom stereocenters. The van der Waals surface area contributed by atoms with Gasteiger partial charge in [0, 0.05) is 42.7 Å². The third-order valence-electron chi connectivity index (χ3n) is 8.19. The fourth-order valence-corrected chi connectivity index (χ4v) is 6.26. The summed E-state index contributed by atoms with van der Waals surface area (Å²) in [6, 6.07) is 5.00. The quantitative estimate of drug-likeness (QED) is 0.424. The lowest BCUT2D eigenvalue weighted by Gasteiger charge is -2.42. The number of rotatable bonds is 5. The molecular formula is C30H38O10. The van der Waals surface area contributed by atoms with Crippen LogP contribution in [-0.2, 0) is 19.1 Å². The lowest BCUT2D eigenvalue weighted by Crippen LogP contribution is -2.60. The number of hydrogen-bond donors (Lipinski definition) is 4. The number of hydrogen-bond acceptors (Lipinski definition) is 10. The average Bonchev–Trinajstić information content (AvgIpc) is 2.86. The van der Waals surface area contributed by atoms with E-state index in [1.807, 2.05) is 27.7 Å². The Labute approximate surface area is 233 Å². The smallest absolute Gasteiger partial charge is 0.229 e. The van der Waals surface area contributed by atoms with Crippen LogP contribution in [0.2, 0.25) is 0 Å². The van der Waals surface area contributed by atoms with Crippen LogP contribution in [0.25, 0.3) is 0 Å². The number of ketones is 2. The van der Waals surface area contributed by atoms with Crippen LogP contribution in [-0.4, -0.2) is 76.4 Å². The van der Waals surface area contributed by atoms with Crippen molar-refractivity contribution >= 4 is 11.6 Å². The number of benzene rings is 1. The largest absolute Gasteiger partial charge is 0.493 e. The molecule has 2 aliphatic carbocycles. The van der Waals surface area contributed by atoms with Crippen LogP contribution in [0.4, 0.5) is 0 Å². The average molecular weight is 559 g/mol. The van der Waals surface area contributed by atoms with Crippen molar-refractivity contribution in [1.82, 2.24) is 0 Å². The van der Waals surface area contributed by atoms with E-state index in [0.717, 1.165) is 0 Å². The normalized spacial score (nSPS) is 31.9. The monoisotopic (exact) mass is 558 g/mol. The Hall–Kier alpha value is -2.76. The predicted octanol–water partition coefficient (Wildman–Crippen LogP) is 2.27. The number of carbonyl (C=O) groups is 2. The zero-order chi connectivity index (χ0) is 29.1. The van der Waals surface area contributed by atoms with Crippen LogP contribution in [0.5, 0.6) is 11.5 Å². The SMILES string of the molecule is COc1cc(C2C3=C(CC(C)(C)CC3=O)OC3=C2C(=O)CC(C)(C)C3)ccc1OC1OC(CO)[C@@H](O)[C@H](O)[C@@H]1O. The molecule has 218 valence electrons. The molecule has 2 heterocycles. The molecule has 0 radical (unpaired) electrons. The summed E-state index contributed by atoms with van der Waals surface area (Å²) < 4.78 is 23.2. The third-order valence-corrected chi connectivity index (χ3v) is 8.19. The van der Waals surface area contributed by atoms with Crippen LogP contribution in [0, 0.1) is 10.8 Å². The Morgan fingerprint density at radius 3 is 1.95 bits per heavy atom. The molecule has 2 aliphatic heterocycles. The highest BCUT2D eigenvalue weighted by molar-refractivity contribution is 6.06. The van der Waals surface area contributed by atoms with Crippen LogP contribution >= 0.6 is 0 Å². The molecule has 5 atom stereocenters. The highest BCUT2D eigenvalue weighted by Crippen LogP contribution is 2.53. The number of methoxy groups -OCH3 is 1. The summed E-state index contributed by atoms with van der Waals surface area (Å²) in [6.45, 7) is 7.53. The molecule has 1 aromatic rings. The van der Waals surface area contributed by atoms with Crippen molar-refractivity contribution in [2.24, 2.45) is 10.8 Å². The predicted molar refractivity (Wildman–Crippen MR) is 141 cm³/mol. The first-order chi connectivity index (χ1) is 18.7. The maximum absolute atomic E-state index is 13.5. The molecule has 1 aromatic carbocycles. The maximum atomic E-state index is 13.5. The van der Waals surface area contributed by atoms with Crippen LogP contribution < -0.4 is 9.47 Å². The van der Waals surface area contributed by atoms with E-state index in [1.165, 1.54) is 7.11 Å². The molecule has 4 aliphatic rings. The van der Waals surface area contributed by atoms with Crippen molar-refractivity contribution in [2.75, 3.05) is 13.7 Å². The Morgan fingerprint density at radius 2 is 1.43 bits per heavy atom. The number of aliphatic hydroxyl groups excluding tert-OH is 4. The first-order valence-corrected chi connectivity index (χ1v) is 13.6. The van der Waals surface area contributed by atoms with Crippen molar-refractivity contribution in [1.29, 1.82) is 0 Å². The van der Waals surface area contributed by atoms with Gasteiger partial charge in [-0.1, -0.05) is 33.8 Å². The summed E-state index contributed by atoms with van der Waals surface area (Å²) in [5.74, 6) is 0.895. The number of allylic oxidation sites excluding steroid dienone is 4. The molecule has 1 fully saturated rings. The minimum Gasteiger partial charge on any atom is -0.493 e. The van der Waals surface area contributed by atoms with E-state index in [4.69, 9.17) is 18.9 Å². The highest BCUT2D eigenvalue weighted by atomic mass is 16.7. The summed E-state index contributed by atoms with van der Waals surface area (Å²) in [6.07, 6.45) is -5.41. The van der Waals surface area contributed by atoms with Crippen LogP contribution in [0.3, 0.4) is 0 Å². The van der Waals surface area contributed by atoms with E-state index >= 15 is 0 Å². The fourth-order valence-electron chi connectivity index (χ4n) is 6.26. The lowest BCUT2D eigenvalue weighted by molar-refractivity contribution is -0.277. The van der Waals surface area contributed by atoms with Crippen LogP contribution in [0.15, 0.2) is 40.9 Å². The van der Waals surface area contributed by atoms with Gasteiger partial charge in [-0.25, -0.2) is 0 Å². The molecule has 4 N–H and O–H groups in total. The standard InChI is InChI=1S/C30H38O10/c1-29(2)9-15(32)23-19(11-29)38-20-12-30(3,4)10-16(33)24(20)22(23)14-6-7-17(18(8-14)37-5)39-28-27(36)26(35)25(34)21(13-31)40-28/h6-8,21-22,25-28,31,34-36H,9-13H2,1-5H3/t21?,25-,26+,27+,28?/m1/s1. The summed E-state index contributed by atoms with van der Waals surface area (Å²) in [4.78, 5) is 27.1. The Bertz CT molecular complexity index is 1220. The maximum Gasteiger partial charge on any atom is 0.229 e. The lowest BCUT2D eigenvalue weighted by atomic mass is 9.65. The van der Waals surface area contributed by atoms with Gasteiger partial charge in [0.05, 0.1) is 13.7 Å². The van der Waals surface area contributed by atoms with Crippen molar-refractivity contribution in [3.8, 4) is 11.5 Å². The molecule has 0 aromatic heterocycles. The second-order valence-corrected chi connectivity index (χ2v) is 12.8. The minimum absolute atomic E-state index is 0.0546. The minimum atomic E-state index is -1.60. The van der Waals surface area contributed by atoms with Crippen molar-refractivity contribution < 1.29 is 49.0 Å². The van der Waals surface area contributed by atoms with Gasteiger partial charge >= 0.3 is 0 Å². The molecule has 0 amide bonds. The number of ether oxygens (including phenoxy) is 4. The Kier molecular flexibility index (Phi) is 7.37. The molecule has 0 saturated carbocycles. The third kappa shape index (κ3) is 5.07. The van der Waals surface area contributed by atoms with Gasteiger partial charge in [0.25, 0.3) is 0 Å². The van der Waals surface area contributed by atoms with Crippen molar-refractivity contribution in [3.05, 3.63) is 46.4 Å². The van der Waals surface area contributed by atoms with Gasteiger partial charge in [0.1, 0.15) is 35.9 Å².